The third-order valence-corrected chi connectivity index (χ3v) is 6.14. The van der Waals surface area contributed by atoms with Crippen molar-refractivity contribution in [1.29, 1.82) is 0 Å². The number of carbonyl (C=O) groups excluding carboxylic acids is 1. The van der Waals surface area contributed by atoms with Gasteiger partial charge in [0.25, 0.3) is 0 Å². The van der Waals surface area contributed by atoms with E-state index in [-0.39, 0.29) is 18.8 Å². The first-order valence-electron chi connectivity index (χ1n) is 11.8. The lowest BCUT2D eigenvalue weighted by Crippen LogP contribution is -2.47. The van der Waals surface area contributed by atoms with E-state index in [1.807, 2.05) is 91.5 Å². The minimum absolute atomic E-state index is 0.228. The van der Waals surface area contributed by atoms with E-state index < -0.39 is 11.7 Å². The molecule has 0 bridgehead atoms. The first-order valence-corrected chi connectivity index (χ1v) is 11.8. The van der Waals surface area contributed by atoms with E-state index in [1.165, 1.54) is 6.07 Å². The van der Waals surface area contributed by atoms with Crippen LogP contribution in [0.15, 0.2) is 88.1 Å². The van der Waals surface area contributed by atoms with Crippen molar-refractivity contribution in [3.8, 4) is 16.9 Å². The molecule has 6 nitrogen and oxygen atoms in total. The smallest absolute Gasteiger partial charge is 0.336 e. The SMILES string of the molecule is CC(C)OC(=O)[C@@H](Cc1ccccc1)N1COc2ccc3c(-c4ccccc4)cc(=O)oc3c2C1. The average molecular weight is 470 g/mol. The second-order valence-electron chi connectivity index (χ2n) is 8.98. The van der Waals surface area contributed by atoms with Crippen molar-refractivity contribution in [3.63, 3.8) is 0 Å². The maximum absolute atomic E-state index is 13.1. The Morgan fingerprint density at radius 1 is 1.00 bits per heavy atom. The van der Waals surface area contributed by atoms with Crippen LogP contribution in [0.1, 0.15) is 25.0 Å². The van der Waals surface area contributed by atoms with E-state index in [1.54, 1.807) is 0 Å². The third-order valence-electron chi connectivity index (χ3n) is 6.14. The second-order valence-corrected chi connectivity index (χ2v) is 8.98. The largest absolute Gasteiger partial charge is 0.478 e. The van der Waals surface area contributed by atoms with Gasteiger partial charge in [-0.2, -0.15) is 0 Å². The van der Waals surface area contributed by atoms with Crippen molar-refractivity contribution >= 4 is 16.9 Å². The monoisotopic (exact) mass is 469 g/mol. The minimum Gasteiger partial charge on any atom is -0.478 e. The number of rotatable bonds is 6. The molecule has 0 radical (unpaired) electrons. The Balaban J connectivity index is 1.55. The highest BCUT2D eigenvalue weighted by molar-refractivity contribution is 5.95. The lowest BCUT2D eigenvalue weighted by atomic mass is 9.98. The molecule has 5 rings (SSSR count). The van der Waals surface area contributed by atoms with Gasteiger partial charge in [-0.3, -0.25) is 9.69 Å². The first kappa shape index (κ1) is 22.9. The topological polar surface area (TPSA) is 69.0 Å². The van der Waals surface area contributed by atoms with Gasteiger partial charge in [-0.15, -0.1) is 0 Å². The predicted octanol–water partition coefficient (Wildman–Crippen LogP) is 5.17. The summed E-state index contributed by atoms with van der Waals surface area (Å²) in [6.45, 7) is 4.30. The molecule has 1 atom stereocenters. The molecule has 1 aliphatic heterocycles. The van der Waals surface area contributed by atoms with Crippen molar-refractivity contribution in [1.82, 2.24) is 4.90 Å². The Kier molecular flexibility index (Phi) is 6.38. The zero-order chi connectivity index (χ0) is 24.4. The van der Waals surface area contributed by atoms with E-state index >= 15 is 0 Å². The van der Waals surface area contributed by atoms with E-state index in [0.717, 1.165) is 27.6 Å². The summed E-state index contributed by atoms with van der Waals surface area (Å²) in [4.78, 5) is 27.6. The van der Waals surface area contributed by atoms with E-state index in [9.17, 15) is 9.59 Å². The van der Waals surface area contributed by atoms with Crippen LogP contribution in [0.3, 0.4) is 0 Å². The van der Waals surface area contributed by atoms with Gasteiger partial charge in [0.05, 0.1) is 11.7 Å². The van der Waals surface area contributed by atoms with Crippen LogP contribution >= 0.6 is 0 Å². The minimum atomic E-state index is -0.549. The highest BCUT2D eigenvalue weighted by atomic mass is 16.5. The van der Waals surface area contributed by atoms with Crippen molar-refractivity contribution in [2.45, 2.75) is 39.0 Å². The number of ether oxygens (including phenoxy) is 2. The highest BCUT2D eigenvalue weighted by Crippen LogP contribution is 2.36. The predicted molar refractivity (Wildman–Crippen MR) is 134 cm³/mol. The highest BCUT2D eigenvalue weighted by Gasteiger charge is 2.33. The Morgan fingerprint density at radius 2 is 1.71 bits per heavy atom. The van der Waals surface area contributed by atoms with Crippen LogP contribution < -0.4 is 10.4 Å². The van der Waals surface area contributed by atoms with Crippen LogP contribution in [-0.4, -0.2) is 29.7 Å². The van der Waals surface area contributed by atoms with Crippen molar-refractivity contribution in [2.75, 3.05) is 6.73 Å². The number of benzene rings is 3. The first-order chi connectivity index (χ1) is 17.0. The van der Waals surface area contributed by atoms with Gasteiger partial charge in [0.2, 0.25) is 0 Å². The molecule has 0 saturated heterocycles. The summed E-state index contributed by atoms with van der Waals surface area (Å²) in [5, 5.41) is 0.823. The van der Waals surface area contributed by atoms with Crippen LogP contribution in [0.2, 0.25) is 0 Å². The maximum Gasteiger partial charge on any atom is 0.336 e. The lowest BCUT2D eigenvalue weighted by Gasteiger charge is -2.34. The molecule has 1 aliphatic rings. The van der Waals surface area contributed by atoms with Gasteiger partial charge in [-0.1, -0.05) is 60.7 Å². The van der Waals surface area contributed by atoms with Gasteiger partial charge in [-0.25, -0.2) is 4.79 Å². The van der Waals surface area contributed by atoms with E-state index in [0.29, 0.717) is 24.3 Å². The van der Waals surface area contributed by atoms with Gasteiger partial charge in [-0.05, 0) is 49.1 Å². The zero-order valence-corrected chi connectivity index (χ0v) is 19.8. The Morgan fingerprint density at radius 3 is 2.43 bits per heavy atom. The number of fused-ring (bicyclic) bond motifs is 3. The van der Waals surface area contributed by atoms with Crippen LogP contribution in [0, 0.1) is 0 Å². The summed E-state index contributed by atoms with van der Waals surface area (Å²) in [6.07, 6.45) is 0.251. The summed E-state index contributed by atoms with van der Waals surface area (Å²) in [6, 6.07) is 24.4. The molecule has 4 aromatic rings. The molecule has 2 heterocycles. The molecule has 0 aliphatic carbocycles. The second kappa shape index (κ2) is 9.76. The van der Waals surface area contributed by atoms with Gasteiger partial charge >= 0.3 is 11.6 Å². The molecule has 6 heteroatoms. The average Bonchev–Trinajstić information content (AvgIpc) is 2.87. The molecule has 178 valence electrons. The normalized spacial score (nSPS) is 14.4. The fourth-order valence-corrected chi connectivity index (χ4v) is 4.52. The van der Waals surface area contributed by atoms with E-state index in [4.69, 9.17) is 13.9 Å². The summed E-state index contributed by atoms with van der Waals surface area (Å²) in [5.41, 5.74) is 3.56. The fourth-order valence-electron chi connectivity index (χ4n) is 4.52. The maximum atomic E-state index is 13.1. The molecule has 0 saturated carbocycles. The summed E-state index contributed by atoms with van der Waals surface area (Å²) >= 11 is 0. The zero-order valence-electron chi connectivity index (χ0n) is 19.8. The number of hydrogen-bond acceptors (Lipinski definition) is 6. The van der Waals surface area contributed by atoms with Crippen LogP contribution in [0.4, 0.5) is 0 Å². The Bertz CT molecular complexity index is 1400. The number of hydrogen-bond donors (Lipinski definition) is 0. The molecule has 0 fully saturated rings. The van der Waals surface area contributed by atoms with Gasteiger partial charge < -0.3 is 13.9 Å². The van der Waals surface area contributed by atoms with Gasteiger partial charge in [0.1, 0.15) is 24.1 Å². The number of carbonyl (C=O) groups is 1. The molecule has 0 N–H and O–H groups in total. The number of esters is 1. The third kappa shape index (κ3) is 4.84. The molecule has 3 aromatic carbocycles. The summed E-state index contributed by atoms with van der Waals surface area (Å²) < 4.78 is 17.4. The summed E-state index contributed by atoms with van der Waals surface area (Å²) in [5.74, 6) is 0.348. The fraction of sp³-hybridized carbons (Fsp3) is 0.241. The molecule has 1 aromatic heterocycles. The Labute approximate surface area is 203 Å². The molecule has 0 amide bonds. The lowest BCUT2D eigenvalue weighted by molar-refractivity contribution is -0.156. The van der Waals surface area contributed by atoms with Crippen LogP contribution in [-0.2, 0) is 22.5 Å². The van der Waals surface area contributed by atoms with Crippen molar-refractivity contribution in [2.24, 2.45) is 0 Å². The van der Waals surface area contributed by atoms with Gasteiger partial charge in [0.15, 0.2) is 0 Å². The van der Waals surface area contributed by atoms with Crippen LogP contribution in [0.5, 0.6) is 5.75 Å². The van der Waals surface area contributed by atoms with Crippen molar-refractivity contribution in [3.05, 3.63) is 100 Å². The molecule has 35 heavy (non-hydrogen) atoms. The molecule has 0 unspecified atom stereocenters. The summed E-state index contributed by atoms with van der Waals surface area (Å²) in [7, 11) is 0. The number of nitrogens with zero attached hydrogens (tertiary/aromatic N) is 1. The van der Waals surface area contributed by atoms with E-state index in [2.05, 4.69) is 0 Å². The van der Waals surface area contributed by atoms with Gasteiger partial charge in [0, 0.05) is 18.0 Å². The molecular formula is C29H27NO5. The quantitative estimate of drug-likeness (QED) is 0.287. The van der Waals surface area contributed by atoms with Crippen LogP contribution in [0.25, 0.3) is 22.1 Å². The molecular weight excluding hydrogens is 442 g/mol. The Hall–Kier alpha value is -3.90. The molecule has 0 spiro atoms. The standard InChI is InChI=1S/C29H27NO5/c1-19(2)34-29(32)25(15-20-9-5-3-6-10-20)30-17-24-26(33-18-30)14-13-22-23(16-27(31)35-28(22)24)21-11-7-4-8-12-21/h3-14,16,19,25H,15,17-18H2,1-2H3/t25-/m1/s1. The van der Waals surface area contributed by atoms with Crippen molar-refractivity contribution < 1.29 is 18.7 Å².